The van der Waals surface area contributed by atoms with Crippen LogP contribution in [0.5, 0.6) is 0 Å². The van der Waals surface area contributed by atoms with Crippen LogP contribution in [-0.4, -0.2) is 0 Å². The van der Waals surface area contributed by atoms with Gasteiger partial charge in [-0.25, -0.2) is 0 Å². The number of hydrogen-bond donors (Lipinski definition) is 0. The molecular weight excluding hydrogens is 585 g/mol. The second kappa shape index (κ2) is 13.3. The maximum atomic E-state index is 2.53. The molecule has 2 aromatic carbocycles. The fraction of sp³-hybridized carbons (Fsp3) is 0.526. The Morgan fingerprint density at radius 2 is 0.881 bits per heavy atom. The van der Waals surface area contributed by atoms with E-state index >= 15 is 0 Å². The molecule has 4 heteroatoms. The minimum absolute atomic E-state index is 0.819. The summed E-state index contributed by atoms with van der Waals surface area (Å²) in [5.41, 5.74) is 0. The normalized spacial score (nSPS) is 14.2. The van der Waals surface area contributed by atoms with Crippen molar-refractivity contribution < 1.29 is 0 Å². The molecule has 2 atom stereocenters. The van der Waals surface area contributed by atoms with E-state index in [1.54, 1.807) is 9.75 Å². The molecule has 0 N–H and O–H groups in total. The Balaban J connectivity index is 1.21. The molecule has 42 heavy (non-hydrogen) atoms. The van der Waals surface area contributed by atoms with Gasteiger partial charge in [0.05, 0.1) is 9.40 Å². The SMILES string of the molecule is CC(C)CCCC(C)CCc1cc2c(ccc3c2sc2c4ccc5sc(CCC(C)CCCC(C)C)cc5c4sc32)s1. The van der Waals surface area contributed by atoms with Gasteiger partial charge in [0.25, 0.3) is 0 Å². The monoisotopic (exact) mass is 632 g/mol. The van der Waals surface area contributed by atoms with Crippen LogP contribution in [0.3, 0.4) is 0 Å². The smallest absolute Gasteiger partial charge is 0.0542 e. The summed E-state index contributed by atoms with van der Waals surface area (Å²) in [6.45, 7) is 14.3. The van der Waals surface area contributed by atoms with Gasteiger partial charge in [0.2, 0.25) is 0 Å². The van der Waals surface area contributed by atoms with E-state index in [9.17, 15) is 0 Å². The van der Waals surface area contributed by atoms with E-state index in [0.717, 1.165) is 23.7 Å². The number of fused-ring (bicyclic) bond motifs is 9. The molecule has 6 aromatic rings. The third-order valence-electron chi connectivity index (χ3n) is 9.23. The van der Waals surface area contributed by atoms with E-state index in [-0.39, 0.29) is 0 Å². The van der Waals surface area contributed by atoms with Gasteiger partial charge in [0, 0.05) is 50.1 Å². The van der Waals surface area contributed by atoms with Crippen LogP contribution < -0.4 is 0 Å². The molecule has 0 nitrogen and oxygen atoms in total. The summed E-state index contributed by atoms with van der Waals surface area (Å²) in [4.78, 5) is 3.13. The highest BCUT2D eigenvalue weighted by atomic mass is 32.1. The molecule has 0 fully saturated rings. The molecule has 4 aromatic heterocycles. The molecule has 6 rings (SSSR count). The number of thiophene rings is 4. The Bertz CT molecular complexity index is 1650. The first-order valence-corrected chi connectivity index (χ1v) is 19.7. The largest absolute Gasteiger partial charge is 0.140 e. The predicted octanol–water partition coefficient (Wildman–Crippen LogP) is 14.5. The lowest BCUT2D eigenvalue weighted by molar-refractivity contribution is 0.437. The molecule has 0 aliphatic rings. The lowest BCUT2D eigenvalue weighted by Gasteiger charge is -2.11. The average molecular weight is 633 g/mol. The van der Waals surface area contributed by atoms with Crippen LogP contribution in [-0.2, 0) is 12.8 Å². The Morgan fingerprint density at radius 1 is 0.452 bits per heavy atom. The van der Waals surface area contributed by atoms with E-state index in [1.807, 2.05) is 45.3 Å². The van der Waals surface area contributed by atoms with Crippen molar-refractivity contribution in [2.45, 2.75) is 106 Å². The highest BCUT2D eigenvalue weighted by Crippen LogP contribution is 2.49. The Hall–Kier alpha value is -1.46. The minimum Gasteiger partial charge on any atom is -0.140 e. The summed E-state index contributed by atoms with van der Waals surface area (Å²) in [5.74, 6) is 3.30. The van der Waals surface area contributed by atoms with Crippen molar-refractivity contribution in [3.05, 3.63) is 46.2 Å². The van der Waals surface area contributed by atoms with Crippen LogP contribution in [0.4, 0.5) is 0 Å². The van der Waals surface area contributed by atoms with Crippen molar-refractivity contribution >= 4 is 95.1 Å². The number of hydrogen-bond acceptors (Lipinski definition) is 4. The molecule has 2 unspecified atom stereocenters. The van der Waals surface area contributed by atoms with Crippen LogP contribution >= 0.6 is 45.3 Å². The second-order valence-electron chi connectivity index (χ2n) is 13.9. The van der Waals surface area contributed by atoms with Crippen LogP contribution in [0.25, 0.3) is 49.7 Å². The quantitative estimate of drug-likeness (QED) is 0.112. The summed E-state index contributed by atoms with van der Waals surface area (Å²) >= 11 is 8.13. The zero-order valence-corrected chi connectivity index (χ0v) is 29.7. The van der Waals surface area contributed by atoms with E-state index in [1.165, 1.54) is 114 Å². The van der Waals surface area contributed by atoms with Gasteiger partial charge in [-0.05, 0) is 73.6 Å². The first-order chi connectivity index (χ1) is 20.3. The molecular formula is C38H48S4. The highest BCUT2D eigenvalue weighted by molar-refractivity contribution is 7.37. The molecule has 0 amide bonds. The van der Waals surface area contributed by atoms with Crippen LogP contribution in [0, 0.1) is 23.7 Å². The van der Waals surface area contributed by atoms with Gasteiger partial charge in [-0.15, -0.1) is 45.3 Å². The molecule has 4 heterocycles. The van der Waals surface area contributed by atoms with Gasteiger partial charge in [-0.3, -0.25) is 0 Å². The Morgan fingerprint density at radius 3 is 1.29 bits per heavy atom. The number of rotatable bonds is 14. The lowest BCUT2D eigenvalue weighted by Crippen LogP contribution is -1.98. The first kappa shape index (κ1) is 30.6. The van der Waals surface area contributed by atoms with Gasteiger partial charge in [0.1, 0.15) is 0 Å². The molecule has 0 bridgehead atoms. The Labute approximate surface area is 269 Å². The van der Waals surface area contributed by atoms with Crippen molar-refractivity contribution in [1.29, 1.82) is 0 Å². The molecule has 0 saturated heterocycles. The molecule has 0 aliphatic carbocycles. The van der Waals surface area contributed by atoms with Crippen LogP contribution in [0.15, 0.2) is 36.4 Å². The van der Waals surface area contributed by atoms with Crippen molar-refractivity contribution in [2.24, 2.45) is 23.7 Å². The zero-order chi connectivity index (χ0) is 29.4. The number of benzene rings is 2. The standard InChI is InChI=1S/C38H48S4/c1-23(2)9-7-11-25(5)13-15-27-21-31-33(39-27)19-17-29-35(31)41-38-30-18-20-34-32(36(30)42-37(29)38)22-28(40-34)16-14-26(6)12-8-10-24(3)4/h17-26H,7-16H2,1-6H3. The summed E-state index contributed by atoms with van der Waals surface area (Å²) in [6, 6.07) is 14.7. The van der Waals surface area contributed by atoms with Gasteiger partial charge in [-0.1, -0.05) is 92.2 Å². The van der Waals surface area contributed by atoms with Crippen molar-refractivity contribution in [1.82, 2.24) is 0 Å². The summed E-state index contributed by atoms with van der Waals surface area (Å²) in [6.07, 6.45) is 13.3. The molecule has 0 saturated carbocycles. The van der Waals surface area contributed by atoms with E-state index in [2.05, 4.69) is 77.9 Å². The number of aryl methyl sites for hydroxylation is 2. The first-order valence-electron chi connectivity index (χ1n) is 16.5. The molecule has 0 radical (unpaired) electrons. The summed E-state index contributed by atoms with van der Waals surface area (Å²) in [7, 11) is 0. The van der Waals surface area contributed by atoms with Gasteiger partial charge in [-0.2, -0.15) is 0 Å². The average Bonchev–Trinajstić information content (AvgIpc) is 3.70. The van der Waals surface area contributed by atoms with Gasteiger partial charge >= 0.3 is 0 Å². The second-order valence-corrected chi connectivity index (χ2v) is 18.3. The Kier molecular flexibility index (Phi) is 9.65. The topological polar surface area (TPSA) is 0 Å². The molecule has 0 aliphatic heterocycles. The fourth-order valence-corrected chi connectivity index (χ4v) is 11.7. The van der Waals surface area contributed by atoms with Crippen LogP contribution in [0.2, 0.25) is 0 Å². The van der Waals surface area contributed by atoms with E-state index in [4.69, 9.17) is 0 Å². The van der Waals surface area contributed by atoms with Crippen molar-refractivity contribution in [3.63, 3.8) is 0 Å². The van der Waals surface area contributed by atoms with Crippen molar-refractivity contribution in [2.75, 3.05) is 0 Å². The lowest BCUT2D eigenvalue weighted by atomic mass is 9.96. The fourth-order valence-electron chi connectivity index (χ4n) is 6.57. The third-order valence-corrected chi connectivity index (χ3v) is 14.2. The summed E-state index contributed by atoms with van der Waals surface area (Å²) in [5, 5.41) is 5.91. The van der Waals surface area contributed by atoms with E-state index in [0.29, 0.717) is 0 Å². The highest BCUT2D eigenvalue weighted by Gasteiger charge is 2.18. The molecule has 224 valence electrons. The van der Waals surface area contributed by atoms with Gasteiger partial charge < -0.3 is 0 Å². The van der Waals surface area contributed by atoms with Crippen LogP contribution in [0.1, 0.15) is 103 Å². The maximum absolute atomic E-state index is 2.53. The van der Waals surface area contributed by atoms with Gasteiger partial charge in [0.15, 0.2) is 0 Å². The summed E-state index contributed by atoms with van der Waals surface area (Å²) < 4.78 is 8.93. The predicted molar refractivity (Wildman–Crippen MR) is 198 cm³/mol. The van der Waals surface area contributed by atoms with Crippen molar-refractivity contribution in [3.8, 4) is 0 Å². The minimum atomic E-state index is 0.819. The zero-order valence-electron chi connectivity index (χ0n) is 26.5. The maximum Gasteiger partial charge on any atom is 0.0542 e. The molecule has 0 spiro atoms. The third kappa shape index (κ3) is 6.63. The van der Waals surface area contributed by atoms with E-state index < -0.39 is 0 Å².